The number of rotatable bonds is 5. The van der Waals surface area contributed by atoms with E-state index in [4.69, 9.17) is 25.5 Å². The minimum absolute atomic E-state index is 0. The second-order valence-electron chi connectivity index (χ2n) is 2.49. The van der Waals surface area contributed by atoms with Crippen LogP contribution in [0.1, 0.15) is 19.8 Å². The van der Waals surface area contributed by atoms with Gasteiger partial charge in [0.15, 0.2) is 0 Å². The maximum Gasteiger partial charge on any atom is 0.562 e. The van der Waals surface area contributed by atoms with Gasteiger partial charge in [-0.15, -0.1) is 0 Å². The molecule has 0 amide bonds. The minimum atomic E-state index is -2.44. The first-order valence-corrected chi connectivity index (χ1v) is 6.53. The molecule has 0 aliphatic rings. The average Bonchev–Trinajstić information content (AvgIpc) is 2.05. The fraction of sp³-hybridized carbons (Fsp3) is 0.857. The molecule has 0 aromatic heterocycles. The molecule has 0 bridgehead atoms. The molecule has 0 unspecified atom stereocenters. The molecule has 1 radical (unpaired) electrons. The van der Waals surface area contributed by atoms with E-state index in [0.29, 0.717) is 5.05 Å². The van der Waals surface area contributed by atoms with Gasteiger partial charge in [-0.1, -0.05) is 6.92 Å². The molecule has 0 saturated carbocycles. The third-order valence-corrected chi connectivity index (χ3v) is 4.03. The second-order valence-corrected chi connectivity index (χ2v) is 5.70. The van der Waals surface area contributed by atoms with Crippen molar-refractivity contribution < 1.29 is 13.3 Å². The average molecular weight is 215 g/mol. The van der Waals surface area contributed by atoms with Gasteiger partial charge in [0.1, 0.15) is 5.05 Å². The van der Waals surface area contributed by atoms with E-state index in [1.807, 2.05) is 13.5 Å². The van der Waals surface area contributed by atoms with Gasteiger partial charge in [-0.3, -0.25) is 0 Å². The van der Waals surface area contributed by atoms with Crippen LogP contribution in [0.15, 0.2) is 0 Å². The third-order valence-electron chi connectivity index (χ3n) is 1.49. The fourth-order valence-electron chi connectivity index (χ4n) is 0.629. The Kier molecular flexibility index (Phi) is 9.86. The van der Waals surface area contributed by atoms with E-state index >= 15 is 0 Å². The zero-order chi connectivity index (χ0) is 9.61. The molecule has 3 nitrogen and oxygen atoms in total. The third kappa shape index (κ3) is 6.66. The molecule has 0 N–H and O–H groups in total. The maximum absolute atomic E-state index is 5.40. The Morgan fingerprint density at radius 1 is 1.31 bits per heavy atom. The van der Waals surface area contributed by atoms with Crippen molar-refractivity contribution in [3.63, 3.8) is 0 Å². The van der Waals surface area contributed by atoms with Crippen molar-refractivity contribution in [2.75, 3.05) is 14.2 Å². The van der Waals surface area contributed by atoms with Crippen molar-refractivity contribution in [2.24, 2.45) is 0 Å². The molecule has 0 fully saturated rings. The molecular formula is C7H16LiO3SSi. The monoisotopic (exact) mass is 215 g/mol. The van der Waals surface area contributed by atoms with Gasteiger partial charge < -0.3 is 13.3 Å². The van der Waals surface area contributed by atoms with Crippen molar-refractivity contribution >= 4 is 44.9 Å². The van der Waals surface area contributed by atoms with Gasteiger partial charge in [-0.2, -0.15) is 0 Å². The Balaban J connectivity index is 0. The van der Waals surface area contributed by atoms with Crippen LogP contribution in [0, 0.1) is 0 Å². The first kappa shape index (κ1) is 16.1. The molecule has 0 aliphatic heterocycles. The molecule has 0 aromatic carbocycles. The van der Waals surface area contributed by atoms with E-state index in [1.54, 1.807) is 14.2 Å². The molecule has 0 spiro atoms. The summed E-state index contributed by atoms with van der Waals surface area (Å²) in [7, 11) is 0.709. The Bertz CT molecular complexity index is 153. The van der Waals surface area contributed by atoms with E-state index in [1.165, 1.54) is 0 Å². The molecule has 0 rings (SSSR count). The van der Waals surface area contributed by atoms with Gasteiger partial charge in [0, 0.05) is 46.0 Å². The minimum Gasteiger partial charge on any atom is -0.495 e. The smallest absolute Gasteiger partial charge is 0.495 e. The van der Waals surface area contributed by atoms with Crippen LogP contribution in [0.4, 0.5) is 0 Å². The maximum atomic E-state index is 5.40. The summed E-state index contributed by atoms with van der Waals surface area (Å²) < 4.78 is 15.6. The van der Waals surface area contributed by atoms with Crippen molar-refractivity contribution in [3.8, 4) is 0 Å². The molecular weight excluding hydrogens is 199 g/mol. The molecule has 0 heterocycles. The number of hydrogen-bond donors (Lipinski definition) is 0. The summed E-state index contributed by atoms with van der Waals surface area (Å²) in [5, 5.41) is 0.579. The quantitative estimate of drug-likeness (QED) is 0.514. The van der Waals surface area contributed by atoms with Gasteiger partial charge in [-0.05, 0) is 18.6 Å². The Morgan fingerprint density at radius 2 is 1.77 bits per heavy atom. The normalized spacial score (nSPS) is 10.5. The largest absolute Gasteiger partial charge is 0.562 e. The Labute approximate surface area is 98.7 Å². The van der Waals surface area contributed by atoms with Crippen LogP contribution in [0.25, 0.3) is 0 Å². The zero-order valence-electron chi connectivity index (χ0n) is 9.05. The predicted octanol–water partition coefficient (Wildman–Crippen LogP) is 1.61. The van der Waals surface area contributed by atoms with Gasteiger partial charge in [0.25, 0.3) is 0 Å². The van der Waals surface area contributed by atoms with Crippen molar-refractivity contribution in [3.05, 3.63) is 0 Å². The Hall–Kier alpha value is 0.624. The van der Waals surface area contributed by atoms with Crippen LogP contribution in [-0.4, -0.2) is 46.9 Å². The summed E-state index contributed by atoms with van der Waals surface area (Å²) in [4.78, 5) is 0. The van der Waals surface area contributed by atoms with E-state index in [0.717, 1.165) is 12.8 Å². The van der Waals surface area contributed by atoms with Crippen LogP contribution in [-0.2, 0) is 13.3 Å². The van der Waals surface area contributed by atoms with Crippen LogP contribution < -0.4 is 0 Å². The van der Waals surface area contributed by atoms with E-state index < -0.39 is 8.80 Å². The number of thiocarbonyl (C=S) groups is 1. The summed E-state index contributed by atoms with van der Waals surface area (Å²) >= 11 is 4.99. The second kappa shape index (κ2) is 7.98. The van der Waals surface area contributed by atoms with Gasteiger partial charge in [0.05, 0.1) is 0 Å². The molecule has 0 aliphatic carbocycles. The topological polar surface area (TPSA) is 27.7 Å². The summed E-state index contributed by atoms with van der Waals surface area (Å²) in [5.74, 6) is 0. The summed E-state index contributed by atoms with van der Waals surface area (Å²) in [6.07, 6.45) is 1.77. The van der Waals surface area contributed by atoms with E-state index in [9.17, 15) is 0 Å². The summed E-state index contributed by atoms with van der Waals surface area (Å²) in [5.41, 5.74) is 0. The first-order chi connectivity index (χ1) is 5.58. The van der Waals surface area contributed by atoms with Crippen LogP contribution >= 0.6 is 12.2 Å². The van der Waals surface area contributed by atoms with Crippen LogP contribution in [0.3, 0.4) is 0 Å². The molecule has 0 aromatic rings. The summed E-state index contributed by atoms with van der Waals surface area (Å²) in [6, 6.07) is 0. The van der Waals surface area contributed by atoms with E-state index in [-0.39, 0.29) is 18.9 Å². The molecule has 73 valence electrons. The van der Waals surface area contributed by atoms with Gasteiger partial charge in [0.2, 0.25) is 0 Å². The van der Waals surface area contributed by atoms with Crippen molar-refractivity contribution in [2.45, 2.75) is 26.3 Å². The molecule has 0 atom stereocenters. The van der Waals surface area contributed by atoms with Crippen molar-refractivity contribution in [1.29, 1.82) is 0 Å². The fourth-order valence-corrected chi connectivity index (χ4v) is 2.14. The standard InChI is InChI=1S/C7H16O3SSi.Li/c1-5-6-7(11)10-12(4,8-2)9-3;/h5-6H2,1-4H3;. The number of hydrogen-bond acceptors (Lipinski definition) is 4. The molecule has 13 heavy (non-hydrogen) atoms. The summed E-state index contributed by atoms with van der Waals surface area (Å²) in [6.45, 7) is 3.86. The SMILES string of the molecule is CCCC(=S)O[Si](C)(OC)OC.[Li]. The van der Waals surface area contributed by atoms with Crippen LogP contribution in [0.5, 0.6) is 0 Å². The van der Waals surface area contributed by atoms with Gasteiger partial charge >= 0.3 is 8.80 Å². The van der Waals surface area contributed by atoms with Gasteiger partial charge in [-0.25, -0.2) is 0 Å². The van der Waals surface area contributed by atoms with Crippen molar-refractivity contribution in [1.82, 2.24) is 0 Å². The molecule has 0 saturated heterocycles. The van der Waals surface area contributed by atoms with Crippen LogP contribution in [0.2, 0.25) is 6.55 Å². The first-order valence-electron chi connectivity index (χ1n) is 3.90. The Morgan fingerprint density at radius 3 is 2.08 bits per heavy atom. The molecule has 6 heteroatoms. The zero-order valence-corrected chi connectivity index (χ0v) is 10.9. The van der Waals surface area contributed by atoms with E-state index in [2.05, 4.69) is 0 Å². The predicted molar refractivity (Wildman–Crippen MR) is 60.0 cm³/mol.